The molecule has 3 rings (SSSR count). The number of hydrogen-bond donors (Lipinski definition) is 1. The SMILES string of the molecule is CC(SC(C)c1c(F)cccc1F)C(=O)Nc1ccc(S(=O)(=O)N2CCOCC2)cc1. The van der Waals surface area contributed by atoms with Gasteiger partial charge in [0, 0.05) is 29.6 Å². The minimum absolute atomic E-state index is 0.0650. The number of morpholine rings is 1. The number of amides is 1. The lowest BCUT2D eigenvalue weighted by Crippen LogP contribution is -2.40. The van der Waals surface area contributed by atoms with E-state index >= 15 is 0 Å². The Labute approximate surface area is 185 Å². The number of sulfonamides is 1. The van der Waals surface area contributed by atoms with Gasteiger partial charge >= 0.3 is 0 Å². The average Bonchev–Trinajstić information content (AvgIpc) is 2.74. The minimum atomic E-state index is -3.61. The maximum absolute atomic E-state index is 14.0. The molecular formula is C21H24F2N2O4S2. The Morgan fingerprint density at radius 1 is 1.06 bits per heavy atom. The quantitative estimate of drug-likeness (QED) is 0.666. The van der Waals surface area contributed by atoms with Crippen molar-refractivity contribution in [1.29, 1.82) is 0 Å². The van der Waals surface area contributed by atoms with Gasteiger partial charge in [0.05, 0.1) is 23.4 Å². The fraction of sp³-hybridized carbons (Fsp3) is 0.381. The highest BCUT2D eigenvalue weighted by atomic mass is 32.2. The molecule has 1 N–H and O–H groups in total. The molecule has 6 nitrogen and oxygen atoms in total. The number of benzene rings is 2. The zero-order valence-corrected chi connectivity index (χ0v) is 18.8. The average molecular weight is 471 g/mol. The van der Waals surface area contributed by atoms with Gasteiger partial charge in [-0.1, -0.05) is 6.07 Å². The number of halogens is 2. The zero-order chi connectivity index (χ0) is 22.6. The topological polar surface area (TPSA) is 75.7 Å². The first-order valence-electron chi connectivity index (χ1n) is 9.78. The van der Waals surface area contributed by atoms with Crippen molar-refractivity contribution in [2.75, 3.05) is 31.6 Å². The predicted octanol–water partition coefficient (Wildman–Crippen LogP) is 3.81. The van der Waals surface area contributed by atoms with Gasteiger partial charge in [0.15, 0.2) is 0 Å². The molecule has 168 valence electrons. The van der Waals surface area contributed by atoms with Crippen LogP contribution in [0.1, 0.15) is 24.7 Å². The number of nitrogens with one attached hydrogen (secondary N) is 1. The maximum Gasteiger partial charge on any atom is 0.243 e. The first kappa shape index (κ1) is 23.6. The van der Waals surface area contributed by atoms with E-state index in [2.05, 4.69) is 5.32 Å². The van der Waals surface area contributed by atoms with Crippen LogP contribution >= 0.6 is 11.8 Å². The standard InChI is InChI=1S/C21H24F2N2O4S2/c1-14(20-18(22)4-3-5-19(20)23)30-15(2)21(26)24-16-6-8-17(9-7-16)31(27,28)25-10-12-29-13-11-25/h3-9,14-15H,10-13H2,1-2H3,(H,24,26). The summed E-state index contributed by atoms with van der Waals surface area (Å²) in [6.07, 6.45) is 0. The first-order chi connectivity index (χ1) is 14.7. The van der Waals surface area contributed by atoms with Crippen LogP contribution in [0.2, 0.25) is 0 Å². The number of anilines is 1. The second kappa shape index (κ2) is 10.1. The van der Waals surface area contributed by atoms with Crippen molar-refractivity contribution >= 4 is 33.4 Å². The number of thioether (sulfide) groups is 1. The van der Waals surface area contributed by atoms with Crippen LogP contribution in [0.25, 0.3) is 0 Å². The van der Waals surface area contributed by atoms with E-state index in [9.17, 15) is 22.0 Å². The van der Waals surface area contributed by atoms with Crippen LogP contribution in [0, 0.1) is 11.6 Å². The fourth-order valence-corrected chi connectivity index (χ4v) is 5.79. The van der Waals surface area contributed by atoms with Crippen LogP contribution in [-0.4, -0.2) is 50.2 Å². The number of carbonyl (C=O) groups is 1. The highest BCUT2D eigenvalue weighted by Gasteiger charge is 2.26. The first-order valence-corrected chi connectivity index (χ1v) is 12.2. The van der Waals surface area contributed by atoms with E-state index in [-0.39, 0.29) is 16.4 Å². The summed E-state index contributed by atoms with van der Waals surface area (Å²) >= 11 is 1.13. The lowest BCUT2D eigenvalue weighted by Gasteiger charge is -2.26. The molecule has 31 heavy (non-hydrogen) atoms. The van der Waals surface area contributed by atoms with Gasteiger partial charge < -0.3 is 10.1 Å². The third kappa shape index (κ3) is 5.62. The Morgan fingerprint density at radius 2 is 1.65 bits per heavy atom. The van der Waals surface area contributed by atoms with E-state index in [1.807, 2.05) is 0 Å². The smallest absolute Gasteiger partial charge is 0.243 e. The van der Waals surface area contributed by atoms with Gasteiger partial charge in [-0.25, -0.2) is 17.2 Å². The Balaban J connectivity index is 1.62. The number of carbonyl (C=O) groups excluding carboxylic acids is 1. The third-order valence-corrected chi connectivity index (χ3v) is 8.09. The van der Waals surface area contributed by atoms with Crippen LogP contribution in [0.4, 0.5) is 14.5 Å². The highest BCUT2D eigenvalue weighted by molar-refractivity contribution is 8.00. The van der Waals surface area contributed by atoms with Crippen LogP contribution in [-0.2, 0) is 19.6 Å². The predicted molar refractivity (Wildman–Crippen MR) is 116 cm³/mol. The van der Waals surface area contributed by atoms with Crippen LogP contribution in [0.15, 0.2) is 47.4 Å². The second-order valence-corrected chi connectivity index (χ2v) is 10.7. The summed E-state index contributed by atoms with van der Waals surface area (Å²) in [4.78, 5) is 12.7. The summed E-state index contributed by atoms with van der Waals surface area (Å²) in [6, 6.07) is 9.58. The summed E-state index contributed by atoms with van der Waals surface area (Å²) < 4.78 is 59.8. The number of nitrogens with zero attached hydrogens (tertiary/aromatic N) is 1. The van der Waals surface area contributed by atoms with Gasteiger partial charge in [0.25, 0.3) is 0 Å². The molecule has 0 aliphatic carbocycles. The summed E-state index contributed by atoms with van der Waals surface area (Å²) in [5.41, 5.74) is 0.368. The van der Waals surface area contributed by atoms with Crippen molar-refractivity contribution < 1.29 is 26.7 Å². The molecule has 2 aromatic rings. The highest BCUT2D eigenvalue weighted by Crippen LogP contribution is 2.35. The number of ether oxygens (including phenoxy) is 1. The Hall–Kier alpha value is -2.01. The third-order valence-electron chi connectivity index (χ3n) is 4.91. The molecule has 2 aromatic carbocycles. The molecule has 0 radical (unpaired) electrons. The molecule has 1 saturated heterocycles. The van der Waals surface area contributed by atoms with E-state index in [4.69, 9.17) is 4.74 Å². The van der Waals surface area contributed by atoms with Gasteiger partial charge in [0.1, 0.15) is 11.6 Å². The van der Waals surface area contributed by atoms with Gasteiger partial charge in [-0.2, -0.15) is 4.31 Å². The minimum Gasteiger partial charge on any atom is -0.379 e. The normalized spacial score (nSPS) is 17.2. The molecule has 0 spiro atoms. The van der Waals surface area contributed by atoms with Crippen molar-refractivity contribution in [2.45, 2.75) is 29.2 Å². The van der Waals surface area contributed by atoms with Crippen LogP contribution in [0.5, 0.6) is 0 Å². The molecule has 10 heteroatoms. The summed E-state index contributed by atoms with van der Waals surface area (Å²) in [5.74, 6) is -1.65. The van der Waals surface area contributed by atoms with E-state index < -0.39 is 32.2 Å². The van der Waals surface area contributed by atoms with Gasteiger partial charge in [-0.3, -0.25) is 4.79 Å². The zero-order valence-electron chi connectivity index (χ0n) is 17.2. The Morgan fingerprint density at radius 3 is 2.23 bits per heavy atom. The fourth-order valence-electron chi connectivity index (χ4n) is 3.23. The Bertz CT molecular complexity index is 1010. The largest absolute Gasteiger partial charge is 0.379 e. The lowest BCUT2D eigenvalue weighted by atomic mass is 10.1. The van der Waals surface area contributed by atoms with Crippen LogP contribution < -0.4 is 5.32 Å². The van der Waals surface area contributed by atoms with Crippen molar-refractivity contribution in [1.82, 2.24) is 4.31 Å². The molecule has 1 amide bonds. The molecule has 0 aromatic heterocycles. The molecule has 0 saturated carbocycles. The van der Waals surface area contributed by atoms with Gasteiger partial charge in [-0.05, 0) is 50.2 Å². The molecule has 2 atom stereocenters. The Kier molecular flexibility index (Phi) is 7.68. The lowest BCUT2D eigenvalue weighted by molar-refractivity contribution is -0.115. The molecule has 1 aliphatic rings. The van der Waals surface area contributed by atoms with Gasteiger partial charge in [-0.15, -0.1) is 11.8 Å². The van der Waals surface area contributed by atoms with Gasteiger partial charge in [0.2, 0.25) is 15.9 Å². The second-order valence-electron chi connectivity index (χ2n) is 7.09. The monoisotopic (exact) mass is 470 g/mol. The van der Waals surface area contributed by atoms with E-state index in [1.165, 1.54) is 46.8 Å². The molecular weight excluding hydrogens is 446 g/mol. The summed E-state index contributed by atoms with van der Waals surface area (Å²) in [5, 5.41) is 1.55. The molecule has 1 aliphatic heterocycles. The molecule has 1 heterocycles. The summed E-state index contributed by atoms with van der Waals surface area (Å²) in [7, 11) is -3.61. The van der Waals surface area contributed by atoms with Crippen molar-refractivity contribution in [3.63, 3.8) is 0 Å². The van der Waals surface area contributed by atoms with Crippen molar-refractivity contribution in [3.05, 3.63) is 59.7 Å². The molecule has 0 bridgehead atoms. The van der Waals surface area contributed by atoms with Crippen LogP contribution in [0.3, 0.4) is 0 Å². The van der Waals surface area contributed by atoms with E-state index in [0.29, 0.717) is 32.0 Å². The van der Waals surface area contributed by atoms with Crippen molar-refractivity contribution in [3.8, 4) is 0 Å². The molecule has 1 fully saturated rings. The molecule has 2 unspecified atom stereocenters. The number of hydrogen-bond acceptors (Lipinski definition) is 5. The number of rotatable bonds is 7. The van der Waals surface area contributed by atoms with Crippen molar-refractivity contribution in [2.24, 2.45) is 0 Å². The van der Waals surface area contributed by atoms with E-state index in [0.717, 1.165) is 11.8 Å². The van der Waals surface area contributed by atoms with E-state index in [1.54, 1.807) is 13.8 Å². The summed E-state index contributed by atoms with van der Waals surface area (Å²) in [6.45, 7) is 4.61. The maximum atomic E-state index is 14.0.